The van der Waals surface area contributed by atoms with E-state index in [-0.39, 0.29) is 5.91 Å². The minimum Gasteiger partial charge on any atom is -0.358 e. The Kier molecular flexibility index (Phi) is 1.92. The highest BCUT2D eigenvalue weighted by atomic mass is 16.2. The zero-order valence-electron chi connectivity index (χ0n) is 10.0. The summed E-state index contributed by atoms with van der Waals surface area (Å²) in [6, 6.07) is 8.25. The van der Waals surface area contributed by atoms with Crippen LogP contribution in [0.4, 0.5) is 0 Å². The molecule has 4 rings (SSSR count). The minimum atomic E-state index is 0.243. The molecular formula is C15H14N2O. The van der Waals surface area contributed by atoms with Crippen LogP contribution in [0.25, 0.3) is 10.9 Å². The molecule has 3 heterocycles. The first-order valence-corrected chi connectivity index (χ1v) is 6.37. The Bertz CT molecular complexity index is 668. The summed E-state index contributed by atoms with van der Waals surface area (Å²) >= 11 is 0. The summed E-state index contributed by atoms with van der Waals surface area (Å²) in [6.07, 6.45) is 4.85. The number of rotatable bonds is 0. The Balaban J connectivity index is 1.99. The second kappa shape index (κ2) is 3.48. The fourth-order valence-corrected chi connectivity index (χ4v) is 3.11. The first-order chi connectivity index (χ1) is 8.83. The SMILES string of the molecule is O=C1Cc2c([nH]c3ccccc23)C2C=CCN1C2. The van der Waals surface area contributed by atoms with Crippen molar-refractivity contribution in [2.45, 2.75) is 12.3 Å². The molecule has 0 spiro atoms. The lowest BCUT2D eigenvalue weighted by Gasteiger charge is -2.25. The van der Waals surface area contributed by atoms with Crippen molar-refractivity contribution in [3.63, 3.8) is 0 Å². The number of para-hydroxylation sites is 1. The highest BCUT2D eigenvalue weighted by Gasteiger charge is 2.30. The Morgan fingerprint density at radius 3 is 3.11 bits per heavy atom. The van der Waals surface area contributed by atoms with E-state index in [0.717, 1.165) is 18.6 Å². The van der Waals surface area contributed by atoms with Crippen molar-refractivity contribution in [1.29, 1.82) is 0 Å². The minimum absolute atomic E-state index is 0.243. The van der Waals surface area contributed by atoms with Gasteiger partial charge >= 0.3 is 0 Å². The van der Waals surface area contributed by atoms with E-state index in [1.54, 1.807) is 0 Å². The van der Waals surface area contributed by atoms with Gasteiger partial charge in [-0.2, -0.15) is 0 Å². The van der Waals surface area contributed by atoms with Gasteiger partial charge < -0.3 is 9.88 Å². The van der Waals surface area contributed by atoms with Crippen LogP contribution in [0.3, 0.4) is 0 Å². The Hall–Kier alpha value is -2.03. The topological polar surface area (TPSA) is 36.1 Å². The van der Waals surface area contributed by atoms with Crippen LogP contribution < -0.4 is 0 Å². The molecule has 0 radical (unpaired) electrons. The lowest BCUT2D eigenvalue weighted by Crippen LogP contribution is -2.35. The van der Waals surface area contributed by atoms with Gasteiger partial charge in [-0.05, 0) is 11.6 Å². The van der Waals surface area contributed by atoms with Crippen LogP contribution in [-0.4, -0.2) is 28.9 Å². The van der Waals surface area contributed by atoms with Crippen LogP contribution in [-0.2, 0) is 11.2 Å². The summed E-state index contributed by atoms with van der Waals surface area (Å²) in [6.45, 7) is 1.58. The Morgan fingerprint density at radius 1 is 1.28 bits per heavy atom. The third kappa shape index (κ3) is 1.27. The van der Waals surface area contributed by atoms with E-state index in [0.29, 0.717) is 12.3 Å². The molecule has 18 heavy (non-hydrogen) atoms. The second-order valence-electron chi connectivity index (χ2n) is 5.07. The van der Waals surface area contributed by atoms with E-state index < -0.39 is 0 Å². The number of amides is 1. The second-order valence-corrected chi connectivity index (χ2v) is 5.07. The van der Waals surface area contributed by atoms with Gasteiger partial charge in [0.05, 0.1) is 6.42 Å². The van der Waals surface area contributed by atoms with Crippen LogP contribution >= 0.6 is 0 Å². The number of carbonyl (C=O) groups is 1. The van der Waals surface area contributed by atoms with E-state index >= 15 is 0 Å². The van der Waals surface area contributed by atoms with Crippen LogP contribution in [0.5, 0.6) is 0 Å². The molecule has 2 aliphatic heterocycles. The number of nitrogens with one attached hydrogen (secondary N) is 1. The number of nitrogens with zero attached hydrogens (tertiary/aromatic N) is 1. The summed E-state index contributed by atoms with van der Waals surface area (Å²) in [5.41, 5.74) is 3.56. The summed E-state index contributed by atoms with van der Waals surface area (Å²) in [5.74, 6) is 0.570. The molecule has 1 atom stereocenters. The van der Waals surface area contributed by atoms with Gasteiger partial charge in [-0.3, -0.25) is 4.79 Å². The molecule has 1 N–H and O–H groups in total. The molecule has 90 valence electrons. The Labute approximate surface area is 105 Å². The molecule has 1 aromatic carbocycles. The normalized spacial score (nSPS) is 22.1. The lowest BCUT2D eigenvalue weighted by atomic mass is 9.98. The molecule has 2 aliphatic rings. The predicted molar refractivity (Wildman–Crippen MR) is 70.5 cm³/mol. The summed E-state index contributed by atoms with van der Waals surface area (Å²) < 4.78 is 0. The average Bonchev–Trinajstić information content (AvgIpc) is 2.74. The number of H-pyrrole nitrogens is 1. The maximum atomic E-state index is 12.2. The van der Waals surface area contributed by atoms with E-state index in [2.05, 4.69) is 29.3 Å². The third-order valence-electron chi connectivity index (χ3n) is 4.01. The number of hydrogen-bond acceptors (Lipinski definition) is 1. The van der Waals surface area contributed by atoms with Crippen molar-refractivity contribution in [1.82, 2.24) is 9.88 Å². The number of carbonyl (C=O) groups excluding carboxylic acids is 1. The number of aromatic amines is 1. The van der Waals surface area contributed by atoms with Gasteiger partial charge in [0.1, 0.15) is 0 Å². The van der Waals surface area contributed by atoms with Gasteiger partial charge in [-0.25, -0.2) is 0 Å². The number of fused-ring (bicyclic) bond motifs is 6. The quantitative estimate of drug-likeness (QED) is 0.702. The zero-order valence-corrected chi connectivity index (χ0v) is 10.0. The molecule has 1 aromatic heterocycles. The maximum Gasteiger partial charge on any atom is 0.227 e. The van der Waals surface area contributed by atoms with E-state index in [1.165, 1.54) is 16.6 Å². The van der Waals surface area contributed by atoms with E-state index in [4.69, 9.17) is 0 Å². The molecule has 0 saturated carbocycles. The Morgan fingerprint density at radius 2 is 2.17 bits per heavy atom. The smallest absolute Gasteiger partial charge is 0.227 e. The molecule has 2 bridgehead atoms. The maximum absolute atomic E-state index is 12.2. The highest BCUT2D eigenvalue weighted by molar-refractivity contribution is 5.91. The monoisotopic (exact) mass is 238 g/mol. The number of hydrogen-bond donors (Lipinski definition) is 1. The van der Waals surface area contributed by atoms with Gasteiger partial charge in [-0.15, -0.1) is 0 Å². The summed E-state index contributed by atoms with van der Waals surface area (Å²) in [5, 5.41) is 1.20. The first-order valence-electron chi connectivity index (χ1n) is 6.37. The third-order valence-corrected chi connectivity index (χ3v) is 4.01. The van der Waals surface area contributed by atoms with Crippen molar-refractivity contribution in [3.8, 4) is 0 Å². The van der Waals surface area contributed by atoms with Gasteiger partial charge in [0.15, 0.2) is 0 Å². The van der Waals surface area contributed by atoms with Crippen molar-refractivity contribution >= 4 is 16.8 Å². The van der Waals surface area contributed by atoms with Gasteiger partial charge in [0.25, 0.3) is 0 Å². The molecule has 0 aliphatic carbocycles. The molecule has 1 unspecified atom stereocenters. The average molecular weight is 238 g/mol. The van der Waals surface area contributed by atoms with E-state index in [9.17, 15) is 4.79 Å². The molecular weight excluding hydrogens is 224 g/mol. The molecule has 3 nitrogen and oxygen atoms in total. The van der Waals surface area contributed by atoms with E-state index in [1.807, 2.05) is 17.0 Å². The van der Waals surface area contributed by atoms with Crippen LogP contribution in [0.1, 0.15) is 17.2 Å². The van der Waals surface area contributed by atoms with Crippen molar-refractivity contribution in [3.05, 3.63) is 47.7 Å². The zero-order chi connectivity index (χ0) is 12.1. The fraction of sp³-hybridized carbons (Fsp3) is 0.267. The fourth-order valence-electron chi connectivity index (χ4n) is 3.11. The van der Waals surface area contributed by atoms with Crippen molar-refractivity contribution < 1.29 is 4.79 Å². The summed E-state index contributed by atoms with van der Waals surface area (Å²) in [7, 11) is 0. The van der Waals surface area contributed by atoms with Crippen molar-refractivity contribution in [2.24, 2.45) is 0 Å². The molecule has 0 fully saturated rings. The van der Waals surface area contributed by atoms with Gasteiger partial charge in [0.2, 0.25) is 5.91 Å². The van der Waals surface area contributed by atoms with Crippen molar-refractivity contribution in [2.75, 3.05) is 13.1 Å². The van der Waals surface area contributed by atoms with Crippen LogP contribution in [0, 0.1) is 0 Å². The largest absolute Gasteiger partial charge is 0.358 e. The molecule has 2 aromatic rings. The number of aromatic nitrogens is 1. The summed E-state index contributed by atoms with van der Waals surface area (Å²) in [4.78, 5) is 17.7. The van der Waals surface area contributed by atoms with Gasteiger partial charge in [0, 0.05) is 35.6 Å². The lowest BCUT2D eigenvalue weighted by molar-refractivity contribution is -0.129. The molecule has 0 saturated heterocycles. The van der Waals surface area contributed by atoms with Crippen LogP contribution in [0.2, 0.25) is 0 Å². The van der Waals surface area contributed by atoms with Crippen LogP contribution in [0.15, 0.2) is 36.4 Å². The number of benzene rings is 1. The highest BCUT2D eigenvalue weighted by Crippen LogP contribution is 2.33. The predicted octanol–water partition coefficient (Wildman–Crippen LogP) is 2.21. The first kappa shape index (κ1) is 9.95. The standard InChI is InChI=1S/C15H14N2O/c18-14-8-12-11-5-1-2-6-13(11)16-15(12)10-4-3-7-17(14)9-10/h1-6,10,16H,7-9H2. The molecule has 1 amide bonds. The molecule has 3 heteroatoms. The van der Waals surface area contributed by atoms with Gasteiger partial charge in [-0.1, -0.05) is 30.4 Å².